The van der Waals surface area contributed by atoms with Crippen LogP contribution in [0.1, 0.15) is 33.0 Å². The number of halogens is 1. The summed E-state index contributed by atoms with van der Waals surface area (Å²) in [4.78, 5) is 24.4. The van der Waals surface area contributed by atoms with Gasteiger partial charge in [-0.15, -0.1) is 0 Å². The molecule has 0 aromatic carbocycles. The zero-order valence-electron chi connectivity index (χ0n) is 17.4. The van der Waals surface area contributed by atoms with Crippen molar-refractivity contribution in [2.24, 2.45) is 0 Å². The Morgan fingerprint density at radius 3 is 2.77 bits per heavy atom. The van der Waals surface area contributed by atoms with Crippen molar-refractivity contribution in [2.45, 2.75) is 20.8 Å². The Morgan fingerprint density at radius 1 is 1.37 bits per heavy atom. The average Bonchev–Trinajstić information content (AvgIpc) is 3.29. The highest BCUT2D eigenvalue weighted by molar-refractivity contribution is 6.11. The van der Waals surface area contributed by atoms with Gasteiger partial charge in [0.1, 0.15) is 12.4 Å². The summed E-state index contributed by atoms with van der Waals surface area (Å²) in [7, 11) is 1.74. The molecule has 2 N–H and O–H groups in total. The van der Waals surface area contributed by atoms with E-state index >= 15 is 0 Å². The van der Waals surface area contributed by atoms with Gasteiger partial charge in [-0.25, -0.2) is 4.68 Å². The van der Waals surface area contributed by atoms with Gasteiger partial charge in [0.25, 0.3) is 0 Å². The largest absolute Gasteiger partial charge is 0.372 e. The number of allylic oxidation sites excluding steroid dienone is 1. The van der Waals surface area contributed by atoms with E-state index in [9.17, 15) is 9.32 Å². The zero-order chi connectivity index (χ0) is 21.8. The summed E-state index contributed by atoms with van der Waals surface area (Å²) in [6, 6.07) is 3.62. The van der Waals surface area contributed by atoms with E-state index in [1.807, 2.05) is 26.8 Å². The molecule has 3 heterocycles. The molecule has 0 saturated heterocycles. The van der Waals surface area contributed by atoms with Crippen LogP contribution in [0.5, 0.6) is 0 Å². The van der Waals surface area contributed by atoms with Gasteiger partial charge < -0.3 is 10.3 Å². The van der Waals surface area contributed by atoms with Crippen LogP contribution in [0.25, 0.3) is 17.8 Å². The van der Waals surface area contributed by atoms with Crippen LogP contribution in [0, 0.1) is 20.8 Å². The number of H-pyrrole nitrogens is 1. The number of hydrogen-bond donors (Lipinski definition) is 2. The normalized spacial score (nSPS) is 12.4. The molecule has 0 aliphatic rings. The summed E-state index contributed by atoms with van der Waals surface area (Å²) in [6.45, 7) is 9.28. The van der Waals surface area contributed by atoms with Gasteiger partial charge in [0, 0.05) is 18.1 Å². The first-order valence-electron chi connectivity index (χ1n) is 9.42. The van der Waals surface area contributed by atoms with Crippen LogP contribution in [0.3, 0.4) is 0 Å². The summed E-state index contributed by atoms with van der Waals surface area (Å²) < 4.78 is 13.8. The first-order valence-corrected chi connectivity index (χ1v) is 9.42. The molecule has 30 heavy (non-hydrogen) atoms. The van der Waals surface area contributed by atoms with Gasteiger partial charge >= 0.3 is 0 Å². The van der Waals surface area contributed by atoms with Crippen LogP contribution in [0.4, 0.5) is 10.3 Å². The first-order chi connectivity index (χ1) is 14.4. The molecule has 0 amide bonds. The topological polar surface area (TPSA) is 84.8 Å². The lowest BCUT2D eigenvalue weighted by Crippen LogP contribution is -2.22. The minimum absolute atomic E-state index is 0.220. The lowest BCUT2D eigenvalue weighted by Gasteiger charge is -2.14. The molecule has 0 radical (unpaired) electrons. The number of hydrogen-bond acceptors (Lipinski definition) is 5. The molecule has 156 valence electrons. The van der Waals surface area contributed by atoms with Crippen LogP contribution in [-0.4, -0.2) is 39.2 Å². The van der Waals surface area contributed by atoms with Crippen molar-refractivity contribution < 1.29 is 14.3 Å². The Bertz CT molecular complexity index is 1200. The third-order valence-electron chi connectivity index (χ3n) is 4.72. The number of carbonyl (C=O) groups is 1. The van der Waals surface area contributed by atoms with Crippen molar-refractivity contribution in [3.63, 3.8) is 0 Å². The number of aryl methyl sites for hydroxylation is 3. The summed E-state index contributed by atoms with van der Waals surface area (Å²) in [6.07, 6.45) is 6.35. The monoisotopic (exact) mass is 409 g/mol. The van der Waals surface area contributed by atoms with Gasteiger partial charge in [0.05, 0.1) is 28.8 Å². The minimum Gasteiger partial charge on any atom is -0.372 e. The van der Waals surface area contributed by atoms with E-state index < -0.39 is 0 Å². The van der Waals surface area contributed by atoms with Gasteiger partial charge in [-0.3, -0.25) is 9.78 Å². The quantitative estimate of drug-likeness (QED) is 0.586. The van der Waals surface area contributed by atoms with Crippen molar-refractivity contribution in [1.82, 2.24) is 19.7 Å². The number of aromatic nitrogens is 4. The van der Waals surface area contributed by atoms with E-state index in [0.29, 0.717) is 27.6 Å². The molecule has 0 aliphatic carbocycles. The van der Waals surface area contributed by atoms with Crippen LogP contribution >= 0.6 is 0 Å². The smallest absolute Gasteiger partial charge is 0.214 e. The molecule has 0 aliphatic heterocycles. The predicted octanol–water partition coefficient (Wildman–Crippen LogP) is 2.44. The molecule has 0 saturated carbocycles. The zero-order valence-corrected chi connectivity index (χ0v) is 17.4. The van der Waals surface area contributed by atoms with Gasteiger partial charge in [-0.1, -0.05) is 12.7 Å². The van der Waals surface area contributed by atoms with E-state index in [4.69, 9.17) is 0 Å². The number of nitrogens with one attached hydrogen (secondary N) is 2. The van der Waals surface area contributed by atoms with E-state index in [1.54, 1.807) is 29.9 Å². The van der Waals surface area contributed by atoms with Crippen molar-refractivity contribution in [3.05, 3.63) is 69.8 Å². The fourth-order valence-corrected chi connectivity index (χ4v) is 3.56. The molecule has 3 aromatic heterocycles. The first kappa shape index (κ1) is 21.2. The van der Waals surface area contributed by atoms with Crippen LogP contribution < -0.4 is 15.9 Å². The molecule has 3 rings (SSSR count). The number of pyridine rings is 1. The number of anilines is 1. The standard InChI is InChI=1S/C22H24FN5O2/c1-6-7-18-16(8-9-30-23)11-19(27-18)21(29)17-12-25-28(22(17)24-5)20-13(2)10-14(3)26-15(20)4/h6-8,10-12,24,27H,1,9H2,2-5H3/b16-8-,18-7+. The summed E-state index contributed by atoms with van der Waals surface area (Å²) in [5.41, 5.74) is 4.31. The molecule has 0 fully saturated rings. The maximum Gasteiger partial charge on any atom is 0.214 e. The number of nitrogens with zero attached hydrogens (tertiary/aromatic N) is 3. The van der Waals surface area contributed by atoms with Crippen molar-refractivity contribution in [2.75, 3.05) is 19.0 Å². The van der Waals surface area contributed by atoms with E-state index in [0.717, 1.165) is 22.6 Å². The lowest BCUT2D eigenvalue weighted by atomic mass is 10.1. The Balaban J connectivity index is 2.12. The van der Waals surface area contributed by atoms with E-state index in [1.165, 1.54) is 12.3 Å². The Morgan fingerprint density at radius 2 is 2.13 bits per heavy atom. The molecule has 3 aromatic rings. The lowest BCUT2D eigenvalue weighted by molar-refractivity contribution is -0.113. The van der Waals surface area contributed by atoms with E-state index in [2.05, 4.69) is 31.9 Å². The highest BCUT2D eigenvalue weighted by atomic mass is 19.3. The molecule has 0 atom stereocenters. The van der Waals surface area contributed by atoms with Crippen LogP contribution in [0.15, 0.2) is 31.0 Å². The number of aromatic amines is 1. The second-order valence-corrected chi connectivity index (χ2v) is 6.85. The Kier molecular flexibility index (Phi) is 6.27. The third kappa shape index (κ3) is 3.95. The maximum atomic E-state index is 13.2. The van der Waals surface area contributed by atoms with Gasteiger partial charge in [0.2, 0.25) is 5.78 Å². The fourth-order valence-electron chi connectivity index (χ4n) is 3.56. The van der Waals surface area contributed by atoms with Gasteiger partial charge in [0.15, 0.2) is 0 Å². The van der Waals surface area contributed by atoms with E-state index in [-0.39, 0.29) is 12.4 Å². The van der Waals surface area contributed by atoms with Gasteiger partial charge in [-0.05, 0) is 60.4 Å². The van der Waals surface area contributed by atoms with Crippen molar-refractivity contribution >= 4 is 23.8 Å². The Labute approximate surface area is 173 Å². The minimum atomic E-state index is -0.250. The van der Waals surface area contributed by atoms with Crippen molar-refractivity contribution in [1.29, 1.82) is 0 Å². The molecular formula is C22H24FN5O2. The Hall–Kier alpha value is -3.52. The highest BCUT2D eigenvalue weighted by Crippen LogP contribution is 2.26. The molecule has 8 heteroatoms. The molecular weight excluding hydrogens is 385 g/mol. The highest BCUT2D eigenvalue weighted by Gasteiger charge is 2.22. The summed E-state index contributed by atoms with van der Waals surface area (Å²) in [5.74, 6) is 0.304. The summed E-state index contributed by atoms with van der Waals surface area (Å²) in [5, 5.41) is 8.81. The molecule has 0 unspecified atom stereocenters. The maximum absolute atomic E-state index is 13.2. The molecule has 7 nitrogen and oxygen atoms in total. The number of carbonyl (C=O) groups excluding carboxylic acids is 1. The summed E-state index contributed by atoms with van der Waals surface area (Å²) >= 11 is 0. The third-order valence-corrected chi connectivity index (χ3v) is 4.72. The molecule has 0 spiro atoms. The average molecular weight is 409 g/mol. The second-order valence-electron chi connectivity index (χ2n) is 6.85. The van der Waals surface area contributed by atoms with Crippen molar-refractivity contribution in [3.8, 4) is 5.69 Å². The SMILES string of the molecule is C=C/C=c1/[nH]c(C(=O)c2cnn(-c3c(C)cc(C)nc3C)c2NC)c/c1=C/COF. The molecule has 0 bridgehead atoms. The van der Waals surface area contributed by atoms with Crippen LogP contribution in [0.2, 0.25) is 0 Å². The van der Waals surface area contributed by atoms with Gasteiger partial charge in [-0.2, -0.15) is 10.0 Å². The second kappa shape index (κ2) is 8.87. The predicted molar refractivity (Wildman–Crippen MR) is 115 cm³/mol. The number of ketones is 1. The number of rotatable bonds is 7. The fraction of sp³-hybridized carbons (Fsp3) is 0.227. The van der Waals surface area contributed by atoms with Crippen LogP contribution in [-0.2, 0) is 4.94 Å².